The summed E-state index contributed by atoms with van der Waals surface area (Å²) in [6.45, 7) is 0.269. The van der Waals surface area contributed by atoms with Crippen molar-refractivity contribution < 1.29 is 59.2 Å². The number of carboxylic acid groups (broad SMARTS) is 1. The van der Waals surface area contributed by atoms with Gasteiger partial charge in [0.15, 0.2) is 6.29 Å². The number of esters is 1. The molecule has 0 bridgehead atoms. The highest BCUT2D eigenvalue weighted by Crippen LogP contribution is 2.44. The van der Waals surface area contributed by atoms with Crippen molar-refractivity contribution in [2.75, 3.05) is 13.2 Å². The molecule has 3 aliphatic rings. The lowest BCUT2D eigenvalue weighted by molar-refractivity contribution is -0.340. The molecule has 0 aromatic rings. The van der Waals surface area contributed by atoms with Crippen LogP contribution in [0, 0.1) is 11.8 Å². The fraction of sp³-hybridized carbons (Fsp3) is 0.667. The maximum absolute atomic E-state index is 11.6. The van der Waals surface area contributed by atoms with Crippen LogP contribution in [0.1, 0.15) is 6.92 Å². The Balaban J connectivity index is 1.85. The molecule has 9 atom stereocenters. The maximum atomic E-state index is 11.6. The number of carbonyl (C=O) groups excluding carboxylic acids is 1. The van der Waals surface area contributed by atoms with Gasteiger partial charge in [-0.1, -0.05) is 6.08 Å². The van der Waals surface area contributed by atoms with E-state index in [9.17, 15) is 40.2 Å². The van der Waals surface area contributed by atoms with Crippen molar-refractivity contribution in [3.63, 3.8) is 0 Å². The summed E-state index contributed by atoms with van der Waals surface area (Å²) >= 11 is 0. The van der Waals surface area contributed by atoms with Crippen LogP contribution in [0.3, 0.4) is 0 Å². The first-order valence-corrected chi connectivity index (χ1v) is 9.22. The van der Waals surface area contributed by atoms with E-state index in [0.29, 0.717) is 5.57 Å². The van der Waals surface area contributed by atoms with Gasteiger partial charge in [-0.2, -0.15) is 0 Å². The molecule has 6 N–H and O–H groups in total. The number of fused-ring (bicyclic) bond motifs is 1. The normalized spacial score (nSPS) is 40.7. The van der Waals surface area contributed by atoms with Gasteiger partial charge in [0.2, 0.25) is 6.29 Å². The summed E-state index contributed by atoms with van der Waals surface area (Å²) in [6.07, 6.45) is -8.01. The first kappa shape index (κ1) is 22.6. The third kappa shape index (κ3) is 4.21. The van der Waals surface area contributed by atoms with Crippen LogP contribution < -0.4 is 0 Å². The quantitative estimate of drug-likeness (QED) is 0.187. The number of hydrogen-bond donors (Lipinski definition) is 6. The van der Waals surface area contributed by atoms with E-state index in [1.54, 1.807) is 0 Å². The van der Waals surface area contributed by atoms with Crippen LogP contribution in [-0.4, -0.2) is 98.9 Å². The SMILES string of the molecule is CC(=O)OCC1=C[C@@H](O)[C@H]2C(C(=O)O)=CO[C@H](O[C@H]3O[C@@H](CO)[C@H](O)[C@@H](O)[C@@H]3O)[C@@H]12. The van der Waals surface area contributed by atoms with Gasteiger partial charge in [-0.3, -0.25) is 4.79 Å². The van der Waals surface area contributed by atoms with Crippen molar-refractivity contribution in [2.45, 2.75) is 50.0 Å². The second kappa shape index (κ2) is 8.98. The van der Waals surface area contributed by atoms with Crippen molar-refractivity contribution in [3.8, 4) is 0 Å². The Morgan fingerprint density at radius 1 is 1.07 bits per heavy atom. The molecule has 168 valence electrons. The highest BCUT2D eigenvalue weighted by atomic mass is 16.8. The van der Waals surface area contributed by atoms with Gasteiger partial charge in [-0.05, 0) is 5.57 Å². The van der Waals surface area contributed by atoms with E-state index in [4.69, 9.17) is 18.9 Å². The molecule has 0 amide bonds. The maximum Gasteiger partial charge on any atom is 0.335 e. The predicted octanol–water partition coefficient (Wildman–Crippen LogP) is -2.78. The summed E-state index contributed by atoms with van der Waals surface area (Å²) < 4.78 is 21.3. The number of aliphatic hydroxyl groups is 5. The number of carbonyl (C=O) groups is 2. The fourth-order valence-corrected chi connectivity index (χ4v) is 3.85. The molecule has 0 radical (unpaired) electrons. The highest BCUT2D eigenvalue weighted by Gasteiger charge is 2.52. The van der Waals surface area contributed by atoms with E-state index in [0.717, 1.165) is 6.26 Å². The minimum absolute atomic E-state index is 0.227. The Hall–Kier alpha value is -2.06. The number of hydrogen-bond acceptors (Lipinski definition) is 11. The lowest BCUT2D eigenvalue weighted by Crippen LogP contribution is -2.60. The molecule has 30 heavy (non-hydrogen) atoms. The average Bonchev–Trinajstić information content (AvgIpc) is 3.03. The van der Waals surface area contributed by atoms with Crippen LogP contribution in [0.25, 0.3) is 0 Å². The van der Waals surface area contributed by atoms with Gasteiger partial charge in [-0.15, -0.1) is 0 Å². The van der Waals surface area contributed by atoms with Crippen LogP contribution in [0.5, 0.6) is 0 Å². The van der Waals surface area contributed by atoms with Gasteiger partial charge in [0.05, 0.1) is 30.5 Å². The number of rotatable bonds is 6. The standard InChI is InChI=1S/C18H24O12/c1-6(20)27-4-7-2-9(21)12-8(16(25)26)5-28-17(11(7)12)30-18-15(24)14(23)13(22)10(3-19)29-18/h2,5,9-15,17-19,21-24H,3-4H2,1H3,(H,25,26)/t9-,10+,11+,12-,13+,14-,15+,17-,18-/m1/s1. The fourth-order valence-electron chi connectivity index (χ4n) is 3.85. The van der Waals surface area contributed by atoms with Crippen LogP contribution >= 0.6 is 0 Å². The summed E-state index contributed by atoms with van der Waals surface area (Å²) in [5.41, 5.74) is 0.111. The summed E-state index contributed by atoms with van der Waals surface area (Å²) in [5, 5.41) is 59.1. The van der Waals surface area contributed by atoms with E-state index in [-0.39, 0.29) is 12.2 Å². The van der Waals surface area contributed by atoms with Crippen LogP contribution in [0.15, 0.2) is 23.5 Å². The van der Waals surface area contributed by atoms with E-state index in [1.165, 1.54) is 13.0 Å². The Bertz CT molecular complexity index is 731. The molecule has 1 aliphatic carbocycles. The highest BCUT2D eigenvalue weighted by molar-refractivity contribution is 5.87. The van der Waals surface area contributed by atoms with Gasteiger partial charge in [0.25, 0.3) is 0 Å². The zero-order valence-corrected chi connectivity index (χ0v) is 15.9. The molecule has 12 heteroatoms. The largest absolute Gasteiger partial charge is 0.478 e. The molecular formula is C18H24O12. The van der Waals surface area contributed by atoms with E-state index in [2.05, 4.69) is 0 Å². The molecule has 0 saturated carbocycles. The zero-order valence-electron chi connectivity index (χ0n) is 15.9. The minimum atomic E-state index is -1.71. The Kier molecular flexibility index (Phi) is 6.77. The predicted molar refractivity (Wildman–Crippen MR) is 93.1 cm³/mol. The number of carboxylic acids is 1. The molecule has 1 fully saturated rings. The summed E-state index contributed by atoms with van der Waals surface area (Å²) in [5.74, 6) is -3.82. The van der Waals surface area contributed by atoms with Crippen molar-refractivity contribution >= 4 is 11.9 Å². The molecule has 2 aliphatic heterocycles. The molecule has 2 heterocycles. The number of aliphatic hydroxyl groups excluding tert-OH is 5. The average molecular weight is 432 g/mol. The van der Waals surface area contributed by atoms with Crippen molar-refractivity contribution in [1.82, 2.24) is 0 Å². The van der Waals surface area contributed by atoms with Crippen molar-refractivity contribution in [2.24, 2.45) is 11.8 Å². The number of ether oxygens (including phenoxy) is 4. The van der Waals surface area contributed by atoms with Crippen molar-refractivity contribution in [1.29, 1.82) is 0 Å². The van der Waals surface area contributed by atoms with E-state index < -0.39 is 73.5 Å². The van der Waals surface area contributed by atoms with Crippen molar-refractivity contribution in [3.05, 3.63) is 23.5 Å². The minimum Gasteiger partial charge on any atom is -0.478 e. The van der Waals surface area contributed by atoms with Gasteiger partial charge < -0.3 is 49.6 Å². The van der Waals surface area contributed by atoms with Crippen LogP contribution in [0.2, 0.25) is 0 Å². The number of aliphatic carboxylic acids is 1. The first-order chi connectivity index (χ1) is 14.1. The Morgan fingerprint density at radius 3 is 2.37 bits per heavy atom. The van der Waals surface area contributed by atoms with Gasteiger partial charge in [-0.25, -0.2) is 4.79 Å². The molecule has 3 rings (SSSR count). The summed E-state index contributed by atoms with van der Waals surface area (Å²) in [4.78, 5) is 22.7. The van der Waals surface area contributed by atoms with Crippen LogP contribution in [-0.2, 0) is 28.5 Å². The Labute approximate surface area is 170 Å². The molecule has 0 unspecified atom stereocenters. The van der Waals surface area contributed by atoms with Gasteiger partial charge in [0.1, 0.15) is 31.0 Å². The van der Waals surface area contributed by atoms with Crippen LogP contribution in [0.4, 0.5) is 0 Å². The lowest BCUT2D eigenvalue weighted by Gasteiger charge is -2.43. The smallest absolute Gasteiger partial charge is 0.335 e. The molecule has 12 nitrogen and oxygen atoms in total. The molecular weight excluding hydrogens is 408 g/mol. The monoisotopic (exact) mass is 432 g/mol. The summed E-state index contributed by atoms with van der Waals surface area (Å²) in [7, 11) is 0. The topological polar surface area (TPSA) is 192 Å². The Morgan fingerprint density at radius 2 is 1.77 bits per heavy atom. The first-order valence-electron chi connectivity index (χ1n) is 9.22. The zero-order chi connectivity index (χ0) is 22.2. The van der Waals surface area contributed by atoms with Gasteiger partial charge >= 0.3 is 11.9 Å². The third-order valence-corrected chi connectivity index (χ3v) is 5.36. The summed E-state index contributed by atoms with van der Waals surface area (Å²) in [6, 6.07) is 0. The second-order valence-corrected chi connectivity index (χ2v) is 7.28. The van der Waals surface area contributed by atoms with E-state index in [1.807, 2.05) is 0 Å². The van der Waals surface area contributed by atoms with Gasteiger partial charge in [0, 0.05) is 12.8 Å². The van der Waals surface area contributed by atoms with E-state index >= 15 is 0 Å². The molecule has 0 aromatic carbocycles. The molecule has 0 aromatic heterocycles. The third-order valence-electron chi connectivity index (χ3n) is 5.36. The molecule has 1 saturated heterocycles. The molecule has 0 spiro atoms. The lowest BCUT2D eigenvalue weighted by atomic mass is 9.82. The second-order valence-electron chi connectivity index (χ2n) is 7.28.